The van der Waals surface area contributed by atoms with Crippen molar-refractivity contribution < 1.29 is 9.59 Å². The van der Waals surface area contributed by atoms with Gasteiger partial charge in [0.25, 0.3) is 0 Å². The van der Waals surface area contributed by atoms with Crippen molar-refractivity contribution in [3.05, 3.63) is 11.8 Å². The van der Waals surface area contributed by atoms with E-state index < -0.39 is 0 Å². The summed E-state index contributed by atoms with van der Waals surface area (Å²) in [4.78, 5) is 28.6. The van der Waals surface area contributed by atoms with Gasteiger partial charge in [-0.15, -0.1) is 0 Å². The van der Waals surface area contributed by atoms with Crippen molar-refractivity contribution in [1.29, 1.82) is 5.26 Å². The molecular weight excluding hydrogens is 266 g/mol. The Bertz CT molecular complexity index is 472. The first-order valence-corrected chi connectivity index (χ1v) is 7.53. The van der Waals surface area contributed by atoms with Crippen molar-refractivity contribution in [2.24, 2.45) is 5.41 Å². The highest BCUT2D eigenvalue weighted by Crippen LogP contribution is 2.33. The number of hydrogen-bond acceptors (Lipinski definition) is 5. The molecule has 0 aromatic carbocycles. The fraction of sp³-hybridized carbons (Fsp3) is 0.688. The van der Waals surface area contributed by atoms with E-state index >= 15 is 0 Å². The number of ketones is 2. The Morgan fingerprint density at radius 1 is 1.14 bits per heavy atom. The second kappa shape index (κ2) is 6.40. The van der Waals surface area contributed by atoms with Crippen LogP contribution < -0.4 is 0 Å². The van der Waals surface area contributed by atoms with Gasteiger partial charge in [-0.2, -0.15) is 5.26 Å². The fourth-order valence-electron chi connectivity index (χ4n) is 2.93. The van der Waals surface area contributed by atoms with Crippen molar-refractivity contribution in [1.82, 2.24) is 9.80 Å². The van der Waals surface area contributed by atoms with Crippen molar-refractivity contribution in [3.8, 4) is 6.07 Å². The van der Waals surface area contributed by atoms with Gasteiger partial charge in [-0.05, 0) is 5.41 Å². The zero-order valence-electron chi connectivity index (χ0n) is 12.9. The lowest BCUT2D eigenvalue weighted by atomic mass is 9.74. The molecule has 2 rings (SSSR count). The molecule has 0 radical (unpaired) electrons. The molecule has 0 atom stereocenters. The average Bonchev–Trinajstić information content (AvgIpc) is 2.41. The van der Waals surface area contributed by atoms with Gasteiger partial charge >= 0.3 is 0 Å². The summed E-state index contributed by atoms with van der Waals surface area (Å²) in [6.07, 6.45) is 3.22. The minimum Gasteiger partial charge on any atom is -0.374 e. The van der Waals surface area contributed by atoms with Crippen molar-refractivity contribution in [3.63, 3.8) is 0 Å². The van der Waals surface area contributed by atoms with Gasteiger partial charge in [-0.1, -0.05) is 13.8 Å². The van der Waals surface area contributed by atoms with Gasteiger partial charge in [0.1, 0.15) is 0 Å². The van der Waals surface area contributed by atoms with Crippen LogP contribution in [-0.2, 0) is 9.59 Å². The first-order valence-electron chi connectivity index (χ1n) is 7.53. The molecule has 0 unspecified atom stereocenters. The highest BCUT2D eigenvalue weighted by molar-refractivity contribution is 6.22. The Balaban J connectivity index is 1.94. The van der Waals surface area contributed by atoms with Gasteiger partial charge in [0.2, 0.25) is 0 Å². The highest BCUT2D eigenvalue weighted by Gasteiger charge is 2.36. The van der Waals surface area contributed by atoms with E-state index in [9.17, 15) is 9.59 Å². The SMILES string of the molecule is CC1(C)CC(=O)C(=CN2CCN(CCC#N)CC2)C(=O)C1. The lowest BCUT2D eigenvalue weighted by molar-refractivity contribution is -0.127. The maximum Gasteiger partial charge on any atom is 0.168 e. The van der Waals surface area contributed by atoms with Gasteiger partial charge in [0, 0.05) is 58.2 Å². The van der Waals surface area contributed by atoms with Gasteiger partial charge in [0.15, 0.2) is 11.6 Å². The molecule has 0 aromatic rings. The molecule has 0 aromatic heterocycles. The first kappa shape index (κ1) is 15.7. The van der Waals surface area contributed by atoms with Crippen LogP contribution in [-0.4, -0.2) is 54.1 Å². The summed E-state index contributed by atoms with van der Waals surface area (Å²) in [5, 5.41) is 8.59. The third-order valence-corrected chi connectivity index (χ3v) is 4.14. The Kier molecular flexibility index (Phi) is 4.79. The predicted octanol–water partition coefficient (Wildman–Crippen LogP) is 1.36. The Morgan fingerprint density at radius 2 is 1.71 bits per heavy atom. The van der Waals surface area contributed by atoms with Gasteiger partial charge in [0.05, 0.1) is 11.6 Å². The largest absolute Gasteiger partial charge is 0.374 e. The van der Waals surface area contributed by atoms with Crippen molar-refractivity contribution >= 4 is 11.6 Å². The Labute approximate surface area is 126 Å². The standard InChI is InChI=1S/C16H23N3O2/c1-16(2)10-14(20)13(15(21)11-16)12-19-8-6-18(7-9-19)5-3-4-17/h12H,3,5-11H2,1-2H3. The van der Waals surface area contributed by atoms with E-state index in [1.54, 1.807) is 6.20 Å². The zero-order chi connectivity index (χ0) is 15.5. The second-order valence-corrected chi connectivity index (χ2v) is 6.69. The topological polar surface area (TPSA) is 64.4 Å². The van der Waals surface area contributed by atoms with Gasteiger partial charge in [-0.25, -0.2) is 0 Å². The molecule has 1 saturated carbocycles. The summed E-state index contributed by atoms with van der Waals surface area (Å²) in [7, 11) is 0. The number of piperazine rings is 1. The maximum atomic E-state index is 12.1. The predicted molar refractivity (Wildman–Crippen MR) is 79.4 cm³/mol. The number of allylic oxidation sites excluding steroid dienone is 1. The number of hydrogen-bond donors (Lipinski definition) is 0. The summed E-state index contributed by atoms with van der Waals surface area (Å²) in [6, 6.07) is 2.15. The van der Waals surface area contributed by atoms with E-state index in [0.29, 0.717) is 24.8 Å². The number of carbonyl (C=O) groups is 2. The molecule has 21 heavy (non-hydrogen) atoms. The number of Topliss-reactive ketones (excluding diaryl/α,β-unsaturated/α-hetero) is 2. The first-order chi connectivity index (χ1) is 9.91. The Hall–Kier alpha value is -1.67. The van der Waals surface area contributed by atoms with E-state index in [1.807, 2.05) is 13.8 Å². The van der Waals surface area contributed by atoms with Crippen LogP contribution in [0.4, 0.5) is 0 Å². The maximum absolute atomic E-state index is 12.1. The third-order valence-electron chi connectivity index (χ3n) is 4.14. The number of rotatable bonds is 3. The molecule has 0 amide bonds. The minimum absolute atomic E-state index is 0.0249. The van der Waals surface area contributed by atoms with Crippen LogP contribution in [0, 0.1) is 16.7 Å². The van der Waals surface area contributed by atoms with Crippen LogP contribution >= 0.6 is 0 Å². The molecule has 2 aliphatic rings. The third kappa shape index (κ3) is 4.15. The van der Waals surface area contributed by atoms with E-state index in [-0.39, 0.29) is 17.0 Å². The monoisotopic (exact) mass is 289 g/mol. The molecule has 1 aliphatic heterocycles. The molecule has 0 N–H and O–H groups in total. The van der Waals surface area contributed by atoms with E-state index in [0.717, 1.165) is 32.7 Å². The molecule has 1 aliphatic carbocycles. The molecule has 0 bridgehead atoms. The Morgan fingerprint density at radius 3 is 2.24 bits per heavy atom. The quantitative estimate of drug-likeness (QED) is 0.580. The van der Waals surface area contributed by atoms with Gasteiger partial charge < -0.3 is 4.90 Å². The molecular formula is C16H23N3O2. The van der Waals surface area contributed by atoms with Crippen LogP contribution in [0.15, 0.2) is 11.8 Å². The van der Waals surface area contributed by atoms with Crippen LogP contribution in [0.5, 0.6) is 0 Å². The molecule has 1 heterocycles. The zero-order valence-corrected chi connectivity index (χ0v) is 12.9. The number of nitriles is 1. The van der Waals surface area contributed by atoms with Crippen LogP contribution in [0.1, 0.15) is 33.1 Å². The number of nitrogens with zero attached hydrogens (tertiary/aromatic N) is 3. The summed E-state index contributed by atoms with van der Waals surface area (Å²) in [5.41, 5.74) is 0.168. The van der Waals surface area contributed by atoms with Crippen LogP contribution in [0.25, 0.3) is 0 Å². The molecule has 5 nitrogen and oxygen atoms in total. The van der Waals surface area contributed by atoms with Crippen LogP contribution in [0.2, 0.25) is 0 Å². The minimum atomic E-state index is -0.207. The lowest BCUT2D eigenvalue weighted by Gasteiger charge is -2.35. The summed E-state index contributed by atoms with van der Waals surface area (Å²) in [5.74, 6) is -0.0497. The molecule has 2 fully saturated rings. The van der Waals surface area contributed by atoms with Crippen molar-refractivity contribution in [2.75, 3.05) is 32.7 Å². The highest BCUT2D eigenvalue weighted by atomic mass is 16.2. The molecule has 0 spiro atoms. The van der Waals surface area contributed by atoms with Gasteiger partial charge in [-0.3, -0.25) is 14.5 Å². The van der Waals surface area contributed by atoms with E-state index in [2.05, 4.69) is 15.9 Å². The molecule has 5 heteroatoms. The average molecular weight is 289 g/mol. The summed E-state index contributed by atoms with van der Waals surface area (Å²) in [6.45, 7) is 8.09. The lowest BCUT2D eigenvalue weighted by Crippen LogP contribution is -2.45. The van der Waals surface area contributed by atoms with E-state index in [4.69, 9.17) is 5.26 Å². The van der Waals surface area contributed by atoms with Crippen molar-refractivity contribution in [2.45, 2.75) is 33.1 Å². The molecule has 1 saturated heterocycles. The smallest absolute Gasteiger partial charge is 0.168 e. The van der Waals surface area contributed by atoms with E-state index in [1.165, 1.54) is 0 Å². The summed E-state index contributed by atoms with van der Waals surface area (Å²) < 4.78 is 0. The van der Waals surface area contributed by atoms with Crippen LogP contribution in [0.3, 0.4) is 0 Å². The normalized spacial score (nSPS) is 23.1. The fourth-order valence-corrected chi connectivity index (χ4v) is 2.93. The number of carbonyl (C=O) groups excluding carboxylic acids is 2. The molecule has 114 valence electrons. The second-order valence-electron chi connectivity index (χ2n) is 6.69. The summed E-state index contributed by atoms with van der Waals surface area (Å²) >= 11 is 0.